The molecule has 0 aliphatic heterocycles. The topological polar surface area (TPSA) is 77.2 Å². The fourth-order valence-corrected chi connectivity index (χ4v) is 1.73. The summed E-state index contributed by atoms with van der Waals surface area (Å²) in [4.78, 5) is 16.0. The molecule has 0 amide bonds. The van der Waals surface area contributed by atoms with Crippen molar-refractivity contribution in [1.29, 1.82) is 5.26 Å². The SMILES string of the molecule is N#Cc1cnc(N(CC(=O)O)CC2CC2)c(F)c1. The fraction of sp³-hybridized carbons (Fsp3) is 0.417. The number of carbonyl (C=O) groups is 1. The Hall–Kier alpha value is -2.16. The molecule has 0 atom stereocenters. The second-order valence-electron chi connectivity index (χ2n) is 4.36. The Kier molecular flexibility index (Phi) is 3.42. The van der Waals surface area contributed by atoms with Crippen LogP contribution < -0.4 is 4.90 Å². The lowest BCUT2D eigenvalue weighted by Gasteiger charge is -2.21. The van der Waals surface area contributed by atoms with E-state index < -0.39 is 11.8 Å². The third-order valence-electron chi connectivity index (χ3n) is 2.75. The lowest BCUT2D eigenvalue weighted by Crippen LogP contribution is -2.33. The van der Waals surface area contributed by atoms with Crippen LogP contribution in [0.15, 0.2) is 12.3 Å². The number of aliphatic carboxylic acids is 1. The first-order valence-corrected chi connectivity index (χ1v) is 5.62. The summed E-state index contributed by atoms with van der Waals surface area (Å²) in [6.45, 7) is 0.203. The Morgan fingerprint density at radius 1 is 1.67 bits per heavy atom. The first kappa shape index (κ1) is 12.3. The number of aromatic nitrogens is 1. The van der Waals surface area contributed by atoms with E-state index in [1.54, 1.807) is 6.07 Å². The highest BCUT2D eigenvalue weighted by atomic mass is 19.1. The fourth-order valence-electron chi connectivity index (χ4n) is 1.73. The maximum absolute atomic E-state index is 13.8. The van der Waals surface area contributed by atoms with Gasteiger partial charge in [-0.2, -0.15) is 5.26 Å². The van der Waals surface area contributed by atoms with E-state index in [9.17, 15) is 9.18 Å². The van der Waals surface area contributed by atoms with Crippen molar-refractivity contribution in [2.45, 2.75) is 12.8 Å². The lowest BCUT2D eigenvalue weighted by molar-refractivity contribution is -0.135. The third kappa shape index (κ3) is 2.94. The summed E-state index contributed by atoms with van der Waals surface area (Å²) in [6, 6.07) is 2.86. The molecule has 1 aromatic rings. The van der Waals surface area contributed by atoms with Gasteiger partial charge in [-0.25, -0.2) is 9.37 Å². The molecule has 2 rings (SSSR count). The number of hydrogen-bond donors (Lipinski definition) is 1. The van der Waals surface area contributed by atoms with E-state index in [1.165, 1.54) is 11.1 Å². The molecule has 1 fully saturated rings. The highest BCUT2D eigenvalue weighted by molar-refractivity contribution is 5.73. The van der Waals surface area contributed by atoms with E-state index in [4.69, 9.17) is 10.4 Å². The standard InChI is InChI=1S/C12H12FN3O2/c13-10-3-9(4-14)5-15-12(10)16(7-11(17)18)6-8-1-2-8/h3,5,8H,1-2,6-7H2,(H,17,18). The number of nitrogens with zero attached hydrogens (tertiary/aromatic N) is 3. The molecular formula is C12H12FN3O2. The Balaban J connectivity index is 2.23. The van der Waals surface area contributed by atoms with Crippen molar-refractivity contribution in [3.05, 3.63) is 23.6 Å². The maximum atomic E-state index is 13.8. The summed E-state index contributed by atoms with van der Waals surface area (Å²) < 4.78 is 13.8. The summed E-state index contributed by atoms with van der Waals surface area (Å²) in [5.41, 5.74) is 0.123. The number of nitriles is 1. The van der Waals surface area contributed by atoms with Gasteiger partial charge in [0, 0.05) is 12.7 Å². The molecule has 6 heteroatoms. The molecule has 18 heavy (non-hydrogen) atoms. The maximum Gasteiger partial charge on any atom is 0.323 e. The summed E-state index contributed by atoms with van der Waals surface area (Å²) in [7, 11) is 0. The summed E-state index contributed by atoms with van der Waals surface area (Å²) in [5.74, 6) is -1.26. The Bertz CT molecular complexity index is 509. The van der Waals surface area contributed by atoms with Crippen molar-refractivity contribution < 1.29 is 14.3 Å². The molecule has 0 saturated heterocycles. The zero-order chi connectivity index (χ0) is 13.1. The highest BCUT2D eigenvalue weighted by Gasteiger charge is 2.27. The van der Waals surface area contributed by atoms with Gasteiger partial charge in [-0.3, -0.25) is 4.79 Å². The number of halogens is 1. The highest BCUT2D eigenvalue weighted by Crippen LogP contribution is 2.31. The molecule has 0 radical (unpaired) electrons. The molecule has 1 saturated carbocycles. The zero-order valence-electron chi connectivity index (χ0n) is 9.64. The van der Waals surface area contributed by atoms with E-state index >= 15 is 0 Å². The largest absolute Gasteiger partial charge is 0.480 e. The number of rotatable bonds is 5. The molecule has 5 nitrogen and oxygen atoms in total. The second-order valence-corrected chi connectivity index (χ2v) is 4.36. The van der Waals surface area contributed by atoms with Crippen LogP contribution in [-0.2, 0) is 4.79 Å². The van der Waals surface area contributed by atoms with Gasteiger partial charge >= 0.3 is 5.97 Å². The number of carboxylic acids is 1. The van der Waals surface area contributed by atoms with E-state index in [-0.39, 0.29) is 17.9 Å². The van der Waals surface area contributed by atoms with Gasteiger partial charge in [0.25, 0.3) is 0 Å². The van der Waals surface area contributed by atoms with Gasteiger partial charge in [0.2, 0.25) is 0 Å². The number of pyridine rings is 1. The van der Waals surface area contributed by atoms with Gasteiger partial charge in [0.1, 0.15) is 12.6 Å². The van der Waals surface area contributed by atoms with Crippen molar-refractivity contribution in [3.8, 4) is 6.07 Å². The van der Waals surface area contributed by atoms with E-state index in [2.05, 4.69) is 4.98 Å². The summed E-state index contributed by atoms with van der Waals surface area (Å²) >= 11 is 0. The Morgan fingerprint density at radius 2 is 2.39 bits per heavy atom. The van der Waals surface area contributed by atoms with Crippen LogP contribution in [0.3, 0.4) is 0 Å². The minimum atomic E-state index is -1.03. The van der Waals surface area contributed by atoms with Crippen molar-refractivity contribution in [2.75, 3.05) is 18.0 Å². The average molecular weight is 249 g/mol. The van der Waals surface area contributed by atoms with Gasteiger partial charge in [0.05, 0.1) is 5.56 Å². The zero-order valence-corrected chi connectivity index (χ0v) is 9.64. The normalized spacial score (nSPS) is 14.0. The van der Waals surface area contributed by atoms with Crippen LogP contribution in [0.1, 0.15) is 18.4 Å². The minimum Gasteiger partial charge on any atom is -0.480 e. The van der Waals surface area contributed by atoms with Gasteiger partial charge in [-0.1, -0.05) is 0 Å². The second kappa shape index (κ2) is 5.00. The van der Waals surface area contributed by atoms with Gasteiger partial charge in [-0.15, -0.1) is 0 Å². The predicted molar refractivity (Wildman–Crippen MR) is 61.5 cm³/mol. The van der Waals surface area contributed by atoms with E-state index in [0.717, 1.165) is 18.9 Å². The van der Waals surface area contributed by atoms with Crippen LogP contribution >= 0.6 is 0 Å². The van der Waals surface area contributed by atoms with Crippen LogP contribution in [0.5, 0.6) is 0 Å². The lowest BCUT2D eigenvalue weighted by atomic mass is 10.2. The predicted octanol–water partition coefficient (Wildman–Crippen LogP) is 1.39. The third-order valence-corrected chi connectivity index (χ3v) is 2.75. The van der Waals surface area contributed by atoms with Crippen LogP contribution in [0.4, 0.5) is 10.2 Å². The molecule has 0 aromatic carbocycles. The van der Waals surface area contributed by atoms with Gasteiger partial charge in [-0.05, 0) is 24.8 Å². The number of hydrogen-bond acceptors (Lipinski definition) is 4. The first-order chi connectivity index (χ1) is 8.60. The van der Waals surface area contributed by atoms with Crippen molar-refractivity contribution in [2.24, 2.45) is 5.92 Å². The van der Waals surface area contributed by atoms with E-state index in [1.807, 2.05) is 0 Å². The van der Waals surface area contributed by atoms with Crippen molar-refractivity contribution in [1.82, 2.24) is 4.98 Å². The molecule has 0 spiro atoms. The molecule has 1 N–H and O–H groups in total. The molecule has 1 aliphatic carbocycles. The molecule has 1 aromatic heterocycles. The first-order valence-electron chi connectivity index (χ1n) is 5.62. The molecule has 0 bridgehead atoms. The quantitative estimate of drug-likeness (QED) is 0.853. The van der Waals surface area contributed by atoms with Crippen LogP contribution in [0, 0.1) is 23.1 Å². The minimum absolute atomic E-state index is 0.00306. The average Bonchev–Trinajstić information content (AvgIpc) is 3.11. The van der Waals surface area contributed by atoms with Crippen LogP contribution in [0.2, 0.25) is 0 Å². The van der Waals surface area contributed by atoms with Crippen molar-refractivity contribution in [3.63, 3.8) is 0 Å². The van der Waals surface area contributed by atoms with Gasteiger partial charge < -0.3 is 10.0 Å². The van der Waals surface area contributed by atoms with Crippen LogP contribution in [-0.4, -0.2) is 29.1 Å². The van der Waals surface area contributed by atoms with Crippen LogP contribution in [0.25, 0.3) is 0 Å². The summed E-state index contributed by atoms with van der Waals surface area (Å²) in [5, 5.41) is 17.5. The number of carboxylic acid groups (broad SMARTS) is 1. The molecule has 1 aliphatic rings. The molecule has 0 unspecified atom stereocenters. The monoisotopic (exact) mass is 249 g/mol. The molecule has 94 valence electrons. The smallest absolute Gasteiger partial charge is 0.323 e. The Labute approximate surface area is 103 Å². The summed E-state index contributed by atoms with van der Waals surface area (Å²) in [6.07, 6.45) is 3.32. The number of anilines is 1. The van der Waals surface area contributed by atoms with E-state index in [0.29, 0.717) is 12.5 Å². The van der Waals surface area contributed by atoms with Gasteiger partial charge in [0.15, 0.2) is 11.6 Å². The van der Waals surface area contributed by atoms with Crippen molar-refractivity contribution >= 4 is 11.8 Å². The molecule has 1 heterocycles. The Morgan fingerprint density at radius 3 is 2.89 bits per heavy atom. The molecular weight excluding hydrogens is 237 g/mol.